The summed E-state index contributed by atoms with van der Waals surface area (Å²) < 4.78 is 0. The average molecular weight is 478 g/mol. The van der Waals surface area contributed by atoms with Gasteiger partial charge in [-0.2, -0.15) is 0 Å². The van der Waals surface area contributed by atoms with E-state index in [4.69, 9.17) is 5.73 Å². The van der Waals surface area contributed by atoms with E-state index in [1.165, 1.54) is 6.42 Å². The first-order valence-electron chi connectivity index (χ1n) is 12.6. The van der Waals surface area contributed by atoms with Crippen molar-refractivity contribution < 1.29 is 14.4 Å². The topological polar surface area (TPSA) is 109 Å². The summed E-state index contributed by atoms with van der Waals surface area (Å²) >= 11 is 0. The highest BCUT2D eigenvalue weighted by atomic mass is 16.2. The first kappa shape index (κ1) is 24.7. The predicted octanol–water partition coefficient (Wildman–Crippen LogP) is 3.76. The highest BCUT2D eigenvalue weighted by molar-refractivity contribution is 6.12. The fourth-order valence-corrected chi connectivity index (χ4v) is 5.38. The standard InChI is InChI=1S/C27H35N5O3/c1-3-31(21-12-8-5-9-13-21)26(34)24-22(16-19-14-15-29-23(28)17-19)25(33)32(24)27(35)30-18(2)20-10-6-4-7-11-20/h5,8-9,12-15,17-18,20,22,24H,3-4,6-7,10-11,16H2,1-2H3,(H2,28,29)(H,30,35)/t18-,22-,24+/m1/s1. The second-order valence-electron chi connectivity index (χ2n) is 9.61. The van der Waals surface area contributed by atoms with Crippen LogP contribution < -0.4 is 16.0 Å². The van der Waals surface area contributed by atoms with Gasteiger partial charge in [0, 0.05) is 24.5 Å². The number of urea groups is 1. The Hall–Kier alpha value is -3.42. The van der Waals surface area contributed by atoms with Gasteiger partial charge in [0.25, 0.3) is 5.91 Å². The van der Waals surface area contributed by atoms with Crippen LogP contribution in [0.5, 0.6) is 0 Å². The summed E-state index contributed by atoms with van der Waals surface area (Å²) in [6.07, 6.45) is 7.59. The molecule has 0 bridgehead atoms. The van der Waals surface area contributed by atoms with Gasteiger partial charge in [0.05, 0.1) is 5.92 Å². The van der Waals surface area contributed by atoms with Crippen molar-refractivity contribution in [2.75, 3.05) is 17.2 Å². The summed E-state index contributed by atoms with van der Waals surface area (Å²) in [5, 5.41) is 3.02. The van der Waals surface area contributed by atoms with E-state index in [-0.39, 0.29) is 17.9 Å². The van der Waals surface area contributed by atoms with Gasteiger partial charge in [-0.05, 0) is 68.9 Å². The lowest BCUT2D eigenvalue weighted by Gasteiger charge is -2.46. The molecule has 0 spiro atoms. The van der Waals surface area contributed by atoms with Crippen molar-refractivity contribution in [1.29, 1.82) is 0 Å². The molecule has 3 N–H and O–H groups in total. The molecule has 1 aromatic heterocycles. The number of aromatic nitrogens is 1. The molecule has 35 heavy (non-hydrogen) atoms. The Labute approximate surface area is 206 Å². The number of hydrogen-bond donors (Lipinski definition) is 2. The lowest BCUT2D eigenvalue weighted by Crippen LogP contribution is -2.71. The Balaban J connectivity index is 1.57. The summed E-state index contributed by atoms with van der Waals surface area (Å²) in [4.78, 5) is 47.1. The van der Waals surface area contributed by atoms with E-state index in [2.05, 4.69) is 10.3 Å². The average Bonchev–Trinajstić information content (AvgIpc) is 2.87. The highest BCUT2D eigenvalue weighted by Crippen LogP contribution is 2.34. The lowest BCUT2D eigenvalue weighted by molar-refractivity contribution is -0.156. The van der Waals surface area contributed by atoms with Gasteiger partial charge < -0.3 is 16.0 Å². The van der Waals surface area contributed by atoms with Crippen LogP contribution in [0.15, 0.2) is 48.7 Å². The minimum absolute atomic E-state index is 0.0539. The number of amides is 4. The molecular weight excluding hydrogens is 442 g/mol. The third-order valence-corrected chi connectivity index (χ3v) is 7.35. The monoisotopic (exact) mass is 477 g/mol. The van der Waals surface area contributed by atoms with Crippen LogP contribution in [0.3, 0.4) is 0 Å². The summed E-state index contributed by atoms with van der Waals surface area (Å²) in [6, 6.07) is 11.4. The van der Waals surface area contributed by atoms with Crippen LogP contribution >= 0.6 is 0 Å². The molecule has 2 aliphatic rings. The number of pyridine rings is 1. The Kier molecular flexibility index (Phi) is 7.68. The van der Waals surface area contributed by atoms with Crippen molar-refractivity contribution in [3.8, 4) is 0 Å². The molecule has 3 atom stereocenters. The molecule has 2 fully saturated rings. The van der Waals surface area contributed by atoms with E-state index in [9.17, 15) is 14.4 Å². The lowest BCUT2D eigenvalue weighted by atomic mass is 9.81. The zero-order valence-corrected chi connectivity index (χ0v) is 20.5. The molecule has 2 heterocycles. The van der Waals surface area contributed by atoms with Crippen molar-refractivity contribution >= 4 is 29.4 Å². The molecule has 186 valence electrons. The van der Waals surface area contributed by atoms with Crippen LogP contribution in [-0.4, -0.2) is 46.4 Å². The number of carbonyl (C=O) groups excluding carboxylic acids is 3. The number of carbonyl (C=O) groups is 3. The quantitative estimate of drug-likeness (QED) is 0.590. The minimum atomic E-state index is -0.879. The number of nitrogens with two attached hydrogens (primary N) is 1. The number of nitrogens with zero attached hydrogens (tertiary/aromatic N) is 3. The number of nitrogens with one attached hydrogen (secondary N) is 1. The van der Waals surface area contributed by atoms with Gasteiger partial charge in [-0.25, -0.2) is 9.78 Å². The number of likely N-dealkylation sites (N-methyl/N-ethyl adjacent to an activating group) is 1. The molecule has 4 rings (SSSR count). The maximum atomic E-state index is 13.8. The molecule has 1 aliphatic heterocycles. The summed E-state index contributed by atoms with van der Waals surface area (Å²) in [5.74, 6) is -0.488. The molecule has 1 saturated heterocycles. The summed E-state index contributed by atoms with van der Waals surface area (Å²) in [7, 11) is 0. The molecule has 1 aliphatic carbocycles. The first-order valence-corrected chi connectivity index (χ1v) is 12.6. The SMILES string of the molecule is CCN(C(=O)[C@@H]1[C@@H](Cc2ccnc(N)c2)C(=O)N1C(=O)N[C@H](C)C1CCCCC1)c1ccccc1. The number of nitrogen functional groups attached to an aromatic ring is 1. The first-order chi connectivity index (χ1) is 16.9. The number of rotatable bonds is 7. The molecule has 1 aromatic carbocycles. The van der Waals surface area contributed by atoms with Crippen LogP contribution in [0.2, 0.25) is 0 Å². The van der Waals surface area contributed by atoms with Crippen LogP contribution in [0.1, 0.15) is 51.5 Å². The highest BCUT2D eigenvalue weighted by Gasteiger charge is 2.55. The largest absolute Gasteiger partial charge is 0.384 e. The number of hydrogen-bond acceptors (Lipinski definition) is 5. The minimum Gasteiger partial charge on any atom is -0.384 e. The van der Waals surface area contributed by atoms with Crippen molar-refractivity contribution in [3.63, 3.8) is 0 Å². The zero-order valence-electron chi connectivity index (χ0n) is 20.5. The molecule has 1 saturated carbocycles. The smallest absolute Gasteiger partial charge is 0.325 e. The van der Waals surface area contributed by atoms with Crippen molar-refractivity contribution in [2.45, 2.75) is 64.5 Å². The number of β-lactam (4-membered cyclic amide) rings is 1. The maximum absolute atomic E-state index is 13.8. The number of benzene rings is 1. The Bertz CT molecular complexity index is 1050. The van der Waals surface area contributed by atoms with Gasteiger partial charge in [-0.1, -0.05) is 37.5 Å². The van der Waals surface area contributed by atoms with Gasteiger partial charge in [0.1, 0.15) is 11.9 Å². The van der Waals surface area contributed by atoms with Crippen LogP contribution in [0.25, 0.3) is 0 Å². The van der Waals surface area contributed by atoms with Crippen molar-refractivity contribution in [1.82, 2.24) is 15.2 Å². The second-order valence-corrected chi connectivity index (χ2v) is 9.61. The number of imide groups is 1. The van der Waals surface area contributed by atoms with Gasteiger partial charge in [0.2, 0.25) is 5.91 Å². The van der Waals surface area contributed by atoms with Crippen LogP contribution in [0.4, 0.5) is 16.3 Å². The Morgan fingerprint density at radius 1 is 1.17 bits per heavy atom. The van der Waals surface area contributed by atoms with E-state index in [1.807, 2.05) is 44.2 Å². The maximum Gasteiger partial charge on any atom is 0.325 e. The van der Waals surface area contributed by atoms with E-state index in [0.717, 1.165) is 41.8 Å². The predicted molar refractivity (Wildman–Crippen MR) is 136 cm³/mol. The van der Waals surface area contributed by atoms with Gasteiger partial charge >= 0.3 is 6.03 Å². The fraction of sp³-hybridized carbons (Fsp3) is 0.481. The van der Waals surface area contributed by atoms with Gasteiger partial charge in [-0.3, -0.25) is 14.5 Å². The molecule has 8 nitrogen and oxygen atoms in total. The Morgan fingerprint density at radius 3 is 2.54 bits per heavy atom. The van der Waals surface area contributed by atoms with Gasteiger partial charge in [-0.15, -0.1) is 0 Å². The van der Waals surface area contributed by atoms with Gasteiger partial charge in [0.15, 0.2) is 0 Å². The fourth-order valence-electron chi connectivity index (χ4n) is 5.38. The van der Waals surface area contributed by atoms with Crippen molar-refractivity contribution in [2.24, 2.45) is 11.8 Å². The zero-order chi connectivity index (χ0) is 24.9. The van der Waals surface area contributed by atoms with E-state index in [0.29, 0.717) is 24.7 Å². The molecule has 0 unspecified atom stereocenters. The van der Waals surface area contributed by atoms with E-state index in [1.54, 1.807) is 23.2 Å². The third kappa shape index (κ3) is 5.31. The van der Waals surface area contributed by atoms with Crippen LogP contribution in [-0.2, 0) is 16.0 Å². The normalized spacial score (nSPS) is 21.2. The summed E-state index contributed by atoms with van der Waals surface area (Å²) in [5.41, 5.74) is 7.37. The molecule has 2 aromatic rings. The number of anilines is 2. The van der Waals surface area contributed by atoms with Crippen molar-refractivity contribution in [3.05, 3.63) is 54.2 Å². The number of likely N-dealkylation sites (tertiary alicyclic amines) is 1. The van der Waals surface area contributed by atoms with Crippen LogP contribution in [0, 0.1) is 11.8 Å². The summed E-state index contributed by atoms with van der Waals surface area (Å²) in [6.45, 7) is 4.31. The second kappa shape index (κ2) is 10.9. The number of para-hydroxylation sites is 1. The molecular formula is C27H35N5O3. The molecule has 4 amide bonds. The van der Waals surface area contributed by atoms with E-state index < -0.39 is 18.0 Å². The third-order valence-electron chi connectivity index (χ3n) is 7.35. The molecule has 8 heteroatoms. The van der Waals surface area contributed by atoms with E-state index >= 15 is 0 Å². The Morgan fingerprint density at radius 2 is 1.89 bits per heavy atom. The molecule has 0 radical (unpaired) electrons.